The third kappa shape index (κ3) is 5.21. The molecule has 8 nitrogen and oxygen atoms in total. The summed E-state index contributed by atoms with van der Waals surface area (Å²) in [6.07, 6.45) is -0.706. The van der Waals surface area contributed by atoms with Crippen LogP contribution in [0.5, 0.6) is 0 Å². The molecule has 1 heterocycles. The Morgan fingerprint density at radius 2 is 1.62 bits per heavy atom. The van der Waals surface area contributed by atoms with Crippen LogP contribution in [0.2, 0.25) is 0 Å². The van der Waals surface area contributed by atoms with Gasteiger partial charge in [0.2, 0.25) is 5.91 Å². The minimum absolute atomic E-state index is 0.00434. The second-order valence-corrected chi connectivity index (χ2v) is 7.34. The van der Waals surface area contributed by atoms with Crippen LogP contribution in [0.1, 0.15) is 31.1 Å². The Kier molecular flexibility index (Phi) is 7.38. The smallest absolute Gasteiger partial charge is 0.356 e. The number of nitrogens with zero attached hydrogens (tertiary/aromatic N) is 1. The van der Waals surface area contributed by atoms with E-state index in [0.717, 1.165) is 11.1 Å². The third-order valence-corrected chi connectivity index (χ3v) is 4.97. The Morgan fingerprint density at radius 1 is 1.06 bits per heavy atom. The lowest BCUT2D eigenvalue weighted by molar-refractivity contribution is -0.153. The molecule has 1 fully saturated rings. The lowest BCUT2D eigenvalue weighted by atomic mass is 10.0. The summed E-state index contributed by atoms with van der Waals surface area (Å²) in [5.74, 6) is -1.51. The van der Waals surface area contributed by atoms with Gasteiger partial charge in [0.1, 0.15) is 18.3 Å². The number of likely N-dealkylation sites (tertiary alicyclic amines) is 1. The first kappa shape index (κ1) is 22.7. The Hall–Kier alpha value is -3.94. The lowest BCUT2D eigenvalue weighted by Gasteiger charge is -2.39. The highest BCUT2D eigenvalue weighted by Gasteiger charge is 2.43. The lowest BCUT2D eigenvalue weighted by Crippen LogP contribution is -2.64. The molecule has 1 unspecified atom stereocenters. The van der Waals surface area contributed by atoms with Crippen LogP contribution in [0.15, 0.2) is 71.9 Å². The van der Waals surface area contributed by atoms with Gasteiger partial charge in [-0.2, -0.15) is 0 Å². The summed E-state index contributed by atoms with van der Waals surface area (Å²) in [6.45, 7) is 3.10. The number of hydrogen-bond donors (Lipinski definition) is 1. The molecule has 8 heteroatoms. The second-order valence-electron chi connectivity index (χ2n) is 7.34. The molecule has 0 aliphatic carbocycles. The highest BCUT2D eigenvalue weighted by Crippen LogP contribution is 2.29. The van der Waals surface area contributed by atoms with E-state index >= 15 is 0 Å². The van der Waals surface area contributed by atoms with Crippen LogP contribution >= 0.6 is 0 Å². The van der Waals surface area contributed by atoms with Gasteiger partial charge in [-0.15, -0.1) is 0 Å². The standard InChI is InChI=1S/C24H24N2O6/c1-16(14-31-15-27)21(26-13-20(23(26)29)25-17(2)28)24(30)32-22(18-9-5-3-6-10-18)19-11-7-4-8-12-19/h3-12,15,20,22H,13-14H2,1-2H3,(H,25,28). The molecule has 0 spiro atoms. The molecule has 0 aromatic heterocycles. The van der Waals surface area contributed by atoms with Gasteiger partial charge in [0.25, 0.3) is 12.4 Å². The Labute approximate surface area is 185 Å². The summed E-state index contributed by atoms with van der Waals surface area (Å²) < 4.78 is 10.7. The molecule has 2 aromatic carbocycles. The maximum absolute atomic E-state index is 13.3. The first-order valence-corrected chi connectivity index (χ1v) is 10.1. The number of hydrogen-bond acceptors (Lipinski definition) is 6. The number of esters is 1. The quantitative estimate of drug-likeness (QED) is 0.280. The molecule has 1 aliphatic heterocycles. The Bertz CT molecular complexity index is 980. The van der Waals surface area contributed by atoms with Crippen molar-refractivity contribution < 1.29 is 28.7 Å². The first-order valence-electron chi connectivity index (χ1n) is 10.1. The molecule has 3 rings (SSSR count). The van der Waals surface area contributed by atoms with Gasteiger partial charge in [-0.3, -0.25) is 14.4 Å². The van der Waals surface area contributed by atoms with Gasteiger partial charge >= 0.3 is 5.97 Å². The van der Waals surface area contributed by atoms with Crippen molar-refractivity contribution in [3.63, 3.8) is 0 Å². The molecule has 166 valence electrons. The molecular formula is C24H24N2O6. The molecule has 2 amide bonds. The normalized spacial score (nSPS) is 16.0. The summed E-state index contributed by atoms with van der Waals surface area (Å²) in [6, 6.07) is 17.8. The van der Waals surface area contributed by atoms with Gasteiger partial charge in [0.05, 0.1) is 6.54 Å². The van der Waals surface area contributed by atoms with Crippen molar-refractivity contribution in [2.45, 2.75) is 26.0 Å². The molecule has 1 atom stereocenters. The number of rotatable bonds is 9. The van der Waals surface area contributed by atoms with E-state index in [1.54, 1.807) is 6.92 Å². The van der Waals surface area contributed by atoms with E-state index in [-0.39, 0.29) is 31.2 Å². The van der Waals surface area contributed by atoms with Gasteiger partial charge in [0.15, 0.2) is 6.10 Å². The average molecular weight is 436 g/mol. The number of amides is 2. The molecule has 0 saturated carbocycles. The molecule has 1 saturated heterocycles. The largest absolute Gasteiger partial charge is 0.463 e. The highest BCUT2D eigenvalue weighted by atomic mass is 16.5. The van der Waals surface area contributed by atoms with Gasteiger partial charge in [-0.05, 0) is 23.6 Å². The van der Waals surface area contributed by atoms with Crippen molar-refractivity contribution in [2.75, 3.05) is 13.2 Å². The number of benzene rings is 2. The fourth-order valence-corrected chi connectivity index (χ4v) is 3.47. The maximum Gasteiger partial charge on any atom is 0.356 e. The molecule has 0 radical (unpaired) electrons. The number of ether oxygens (including phenoxy) is 2. The van der Waals surface area contributed by atoms with E-state index in [4.69, 9.17) is 9.47 Å². The average Bonchev–Trinajstić information content (AvgIpc) is 2.81. The van der Waals surface area contributed by atoms with E-state index in [1.165, 1.54) is 11.8 Å². The number of β-lactam (4-membered cyclic amide) rings is 1. The fraction of sp³-hybridized carbons (Fsp3) is 0.250. The number of carbonyl (C=O) groups excluding carboxylic acids is 4. The van der Waals surface area contributed by atoms with Crippen LogP contribution in [0.4, 0.5) is 0 Å². The SMILES string of the molecule is CC(=O)NC1CN(C(C(=O)OC(c2ccccc2)c2ccccc2)=C(C)COC=O)C1=O. The summed E-state index contributed by atoms with van der Waals surface area (Å²) in [5, 5.41) is 2.54. The van der Waals surface area contributed by atoms with E-state index in [9.17, 15) is 19.2 Å². The molecule has 0 bridgehead atoms. The molecule has 1 N–H and O–H groups in total. The van der Waals surface area contributed by atoms with E-state index < -0.39 is 24.0 Å². The van der Waals surface area contributed by atoms with Crippen molar-refractivity contribution >= 4 is 24.3 Å². The summed E-state index contributed by atoms with van der Waals surface area (Å²) in [5.41, 5.74) is 1.88. The molecule has 2 aromatic rings. The number of nitrogens with one attached hydrogen (secondary N) is 1. The van der Waals surface area contributed by atoms with Crippen molar-refractivity contribution in [2.24, 2.45) is 0 Å². The fourth-order valence-electron chi connectivity index (χ4n) is 3.47. The second kappa shape index (κ2) is 10.4. The third-order valence-electron chi connectivity index (χ3n) is 4.97. The van der Waals surface area contributed by atoms with Crippen LogP contribution < -0.4 is 5.32 Å². The van der Waals surface area contributed by atoms with Crippen LogP contribution in [-0.2, 0) is 28.7 Å². The van der Waals surface area contributed by atoms with E-state index in [2.05, 4.69) is 5.32 Å². The number of carbonyl (C=O) groups is 4. The van der Waals surface area contributed by atoms with Crippen molar-refractivity contribution in [3.05, 3.63) is 83.1 Å². The van der Waals surface area contributed by atoms with Crippen LogP contribution in [-0.4, -0.2) is 48.3 Å². The zero-order valence-corrected chi connectivity index (χ0v) is 17.8. The summed E-state index contributed by atoms with van der Waals surface area (Å²) in [7, 11) is 0. The minimum atomic E-state index is -0.732. The van der Waals surface area contributed by atoms with Crippen molar-refractivity contribution in [1.29, 1.82) is 0 Å². The summed E-state index contributed by atoms with van der Waals surface area (Å²) >= 11 is 0. The van der Waals surface area contributed by atoms with Gasteiger partial charge in [0, 0.05) is 6.92 Å². The molecular weight excluding hydrogens is 412 g/mol. The van der Waals surface area contributed by atoms with Gasteiger partial charge in [-0.1, -0.05) is 60.7 Å². The monoisotopic (exact) mass is 436 g/mol. The predicted octanol–water partition coefficient (Wildman–Crippen LogP) is 2.11. The molecule has 1 aliphatic rings. The zero-order chi connectivity index (χ0) is 23.1. The van der Waals surface area contributed by atoms with E-state index in [1.807, 2.05) is 60.7 Å². The Balaban J connectivity index is 1.90. The van der Waals surface area contributed by atoms with Crippen molar-refractivity contribution in [3.8, 4) is 0 Å². The van der Waals surface area contributed by atoms with Gasteiger partial charge < -0.3 is 19.7 Å². The van der Waals surface area contributed by atoms with Crippen LogP contribution in [0.25, 0.3) is 0 Å². The summed E-state index contributed by atoms with van der Waals surface area (Å²) in [4.78, 5) is 49.1. The molecule has 32 heavy (non-hydrogen) atoms. The minimum Gasteiger partial charge on any atom is -0.463 e. The van der Waals surface area contributed by atoms with Gasteiger partial charge in [-0.25, -0.2) is 4.79 Å². The topological polar surface area (TPSA) is 102 Å². The van der Waals surface area contributed by atoms with Crippen molar-refractivity contribution in [1.82, 2.24) is 10.2 Å². The van der Waals surface area contributed by atoms with Crippen LogP contribution in [0.3, 0.4) is 0 Å². The maximum atomic E-state index is 13.3. The Morgan fingerprint density at radius 3 is 2.09 bits per heavy atom. The van der Waals surface area contributed by atoms with E-state index in [0.29, 0.717) is 5.57 Å². The first-order chi connectivity index (χ1) is 15.4. The highest BCUT2D eigenvalue weighted by molar-refractivity contribution is 6.00. The zero-order valence-electron chi connectivity index (χ0n) is 17.8. The predicted molar refractivity (Wildman–Crippen MR) is 115 cm³/mol. The van der Waals surface area contributed by atoms with Crippen LogP contribution in [0, 0.1) is 0 Å².